The van der Waals surface area contributed by atoms with E-state index in [0.717, 1.165) is 64.2 Å². The molecule has 66 heavy (non-hydrogen) atoms. The van der Waals surface area contributed by atoms with Crippen LogP contribution in [0.25, 0.3) is 0 Å². The van der Waals surface area contributed by atoms with Crippen molar-refractivity contribution in [1.29, 1.82) is 0 Å². The molecule has 0 aromatic heterocycles. The average Bonchev–Trinajstić information content (AvgIpc) is 3.32. The number of aliphatic hydroxyl groups is 2. The monoisotopic (exact) mass is 924 g/mol. The Labute approximate surface area is 409 Å². The van der Waals surface area contributed by atoms with Crippen LogP contribution >= 0.6 is 0 Å². The summed E-state index contributed by atoms with van der Waals surface area (Å²) in [6.45, 7) is 4.72. The molecule has 0 saturated carbocycles. The number of hydrogen-bond acceptors (Lipinski definition) is 5. The first-order chi connectivity index (χ1) is 32.5. The number of rotatable bonds is 52. The molecule has 6 heteroatoms. The van der Waals surface area contributed by atoms with Crippen LogP contribution in [0.2, 0.25) is 0 Å². The molecule has 0 aliphatic rings. The summed E-state index contributed by atoms with van der Waals surface area (Å²) in [6.07, 6.45) is 71.1. The number of ether oxygens (including phenoxy) is 1. The average molecular weight is 925 g/mol. The quantitative estimate of drug-likeness (QED) is 0.0321. The maximum Gasteiger partial charge on any atom is 0.305 e. The SMILES string of the molecule is CCC/C=C\C/C=C\CCCCCCCC(=O)OCC/C=C\C/C=C\CCCCCCCCCCCCCCCCC(=O)NC(CO)C(O)/C=C/CCCCCCCCCCCCCCC. The van der Waals surface area contributed by atoms with E-state index in [1.165, 1.54) is 193 Å². The molecule has 0 bridgehead atoms. The van der Waals surface area contributed by atoms with Gasteiger partial charge in [-0.3, -0.25) is 9.59 Å². The number of allylic oxidation sites excluding steroid dienone is 8. The molecule has 0 fully saturated rings. The van der Waals surface area contributed by atoms with Crippen LogP contribution in [-0.4, -0.2) is 47.4 Å². The van der Waals surface area contributed by atoms with Crippen LogP contribution in [0.15, 0.2) is 60.8 Å². The fraction of sp³-hybridized carbons (Fsp3) is 0.800. The van der Waals surface area contributed by atoms with Gasteiger partial charge in [0.1, 0.15) is 0 Å². The molecular formula is C60H109NO5. The van der Waals surface area contributed by atoms with Crippen molar-refractivity contribution in [1.82, 2.24) is 5.32 Å². The Kier molecular flexibility index (Phi) is 53.1. The first-order valence-electron chi connectivity index (χ1n) is 28.6. The summed E-state index contributed by atoms with van der Waals surface area (Å²) < 4.78 is 5.39. The molecule has 0 aromatic rings. The van der Waals surface area contributed by atoms with Crippen LogP contribution in [0, 0.1) is 0 Å². The number of aliphatic hydroxyl groups excluding tert-OH is 2. The van der Waals surface area contributed by atoms with Crippen LogP contribution in [0.4, 0.5) is 0 Å². The van der Waals surface area contributed by atoms with E-state index in [2.05, 4.69) is 67.8 Å². The highest BCUT2D eigenvalue weighted by atomic mass is 16.5. The van der Waals surface area contributed by atoms with Crippen LogP contribution in [0.5, 0.6) is 0 Å². The zero-order valence-corrected chi connectivity index (χ0v) is 43.7. The van der Waals surface area contributed by atoms with Crippen molar-refractivity contribution in [2.75, 3.05) is 13.2 Å². The summed E-state index contributed by atoms with van der Waals surface area (Å²) in [5.41, 5.74) is 0. The molecular weight excluding hydrogens is 815 g/mol. The second-order valence-electron chi connectivity index (χ2n) is 19.3. The summed E-state index contributed by atoms with van der Waals surface area (Å²) >= 11 is 0. The summed E-state index contributed by atoms with van der Waals surface area (Å²) in [5, 5.41) is 23.1. The smallest absolute Gasteiger partial charge is 0.305 e. The number of esters is 1. The minimum atomic E-state index is -0.849. The van der Waals surface area contributed by atoms with E-state index < -0.39 is 12.1 Å². The molecule has 384 valence electrons. The number of unbranched alkanes of at least 4 members (excludes halogenated alkanes) is 33. The van der Waals surface area contributed by atoms with E-state index in [1.54, 1.807) is 6.08 Å². The fourth-order valence-electron chi connectivity index (χ4n) is 8.39. The Bertz CT molecular complexity index is 1160. The lowest BCUT2D eigenvalue weighted by atomic mass is 10.0. The largest absolute Gasteiger partial charge is 0.465 e. The number of hydrogen-bond donors (Lipinski definition) is 3. The molecule has 0 heterocycles. The van der Waals surface area contributed by atoms with Gasteiger partial charge in [-0.15, -0.1) is 0 Å². The lowest BCUT2D eigenvalue weighted by molar-refractivity contribution is -0.143. The summed E-state index contributed by atoms with van der Waals surface area (Å²) in [6, 6.07) is -0.633. The molecule has 0 aliphatic heterocycles. The van der Waals surface area contributed by atoms with Crippen LogP contribution < -0.4 is 5.32 Å². The Morgan fingerprint density at radius 3 is 1.21 bits per heavy atom. The zero-order chi connectivity index (χ0) is 47.9. The second-order valence-corrected chi connectivity index (χ2v) is 19.3. The van der Waals surface area contributed by atoms with Crippen LogP contribution in [0.3, 0.4) is 0 Å². The molecule has 0 rings (SSSR count). The van der Waals surface area contributed by atoms with Crippen molar-refractivity contribution >= 4 is 11.9 Å². The second kappa shape index (κ2) is 55.2. The first-order valence-corrected chi connectivity index (χ1v) is 28.6. The third-order valence-electron chi connectivity index (χ3n) is 12.8. The van der Waals surface area contributed by atoms with Gasteiger partial charge in [0.15, 0.2) is 0 Å². The third-order valence-corrected chi connectivity index (χ3v) is 12.8. The summed E-state index contributed by atoms with van der Waals surface area (Å²) in [4.78, 5) is 24.4. The van der Waals surface area contributed by atoms with E-state index in [0.29, 0.717) is 19.4 Å². The zero-order valence-electron chi connectivity index (χ0n) is 43.7. The topological polar surface area (TPSA) is 95.9 Å². The van der Waals surface area contributed by atoms with Gasteiger partial charge in [-0.2, -0.15) is 0 Å². The minimum absolute atomic E-state index is 0.0521. The Balaban J connectivity index is 3.50. The van der Waals surface area contributed by atoms with Gasteiger partial charge in [0.25, 0.3) is 0 Å². The van der Waals surface area contributed by atoms with E-state index >= 15 is 0 Å². The predicted octanol–water partition coefficient (Wildman–Crippen LogP) is 17.6. The minimum Gasteiger partial charge on any atom is -0.465 e. The van der Waals surface area contributed by atoms with Crippen molar-refractivity contribution in [2.45, 2.75) is 296 Å². The Morgan fingerprint density at radius 2 is 0.788 bits per heavy atom. The maximum absolute atomic E-state index is 12.5. The Hall–Kier alpha value is -2.44. The number of carbonyl (C=O) groups is 2. The van der Waals surface area contributed by atoms with Gasteiger partial charge in [-0.25, -0.2) is 0 Å². The molecule has 0 radical (unpaired) electrons. The molecule has 2 atom stereocenters. The highest BCUT2D eigenvalue weighted by Gasteiger charge is 2.18. The van der Waals surface area contributed by atoms with Crippen molar-refractivity contribution in [3.8, 4) is 0 Å². The number of nitrogens with one attached hydrogen (secondary N) is 1. The molecule has 0 spiro atoms. The molecule has 0 aliphatic carbocycles. The van der Waals surface area contributed by atoms with Crippen molar-refractivity contribution in [2.24, 2.45) is 0 Å². The standard InChI is InChI=1S/C60H109NO5/c1-3-5-7-9-11-13-15-17-25-29-32-36-40-44-48-52-58(63)57(56-62)61-59(64)53-49-45-41-37-33-30-26-23-21-19-18-20-22-24-27-31-35-39-43-47-51-55-66-60(65)54-50-46-42-38-34-28-16-14-12-10-8-6-4-2/h8,10,14,16,31,35,43,47-48,52,57-58,62-63H,3-7,9,11-13,15,17-30,32-34,36-42,44-46,49-51,53-56H2,1-2H3,(H,61,64)/b10-8-,16-14-,35-31-,47-43-,52-48+. The van der Waals surface area contributed by atoms with E-state index in [4.69, 9.17) is 4.74 Å². The van der Waals surface area contributed by atoms with Crippen molar-refractivity contribution in [3.63, 3.8) is 0 Å². The lowest BCUT2D eigenvalue weighted by Crippen LogP contribution is -2.45. The van der Waals surface area contributed by atoms with Gasteiger partial charge >= 0.3 is 5.97 Å². The van der Waals surface area contributed by atoms with E-state index in [9.17, 15) is 19.8 Å². The molecule has 2 unspecified atom stereocenters. The van der Waals surface area contributed by atoms with Gasteiger partial charge in [-0.1, -0.05) is 254 Å². The normalized spacial score (nSPS) is 13.1. The van der Waals surface area contributed by atoms with Gasteiger partial charge in [0.2, 0.25) is 5.91 Å². The number of carbonyl (C=O) groups excluding carboxylic acids is 2. The fourth-order valence-corrected chi connectivity index (χ4v) is 8.39. The highest BCUT2D eigenvalue weighted by molar-refractivity contribution is 5.76. The third kappa shape index (κ3) is 51.0. The number of amides is 1. The van der Waals surface area contributed by atoms with E-state index in [-0.39, 0.29) is 18.5 Å². The van der Waals surface area contributed by atoms with Gasteiger partial charge in [0.05, 0.1) is 25.4 Å². The predicted molar refractivity (Wildman–Crippen MR) is 287 cm³/mol. The maximum atomic E-state index is 12.5. The van der Waals surface area contributed by atoms with Crippen LogP contribution in [-0.2, 0) is 14.3 Å². The Morgan fingerprint density at radius 1 is 0.424 bits per heavy atom. The van der Waals surface area contributed by atoms with Gasteiger partial charge < -0.3 is 20.3 Å². The van der Waals surface area contributed by atoms with Crippen molar-refractivity contribution < 1.29 is 24.5 Å². The van der Waals surface area contributed by atoms with Gasteiger partial charge in [-0.05, 0) is 77.0 Å². The lowest BCUT2D eigenvalue weighted by Gasteiger charge is -2.20. The molecule has 1 amide bonds. The van der Waals surface area contributed by atoms with Crippen molar-refractivity contribution in [3.05, 3.63) is 60.8 Å². The molecule has 3 N–H and O–H groups in total. The molecule has 6 nitrogen and oxygen atoms in total. The van der Waals surface area contributed by atoms with E-state index in [1.807, 2.05) is 6.08 Å². The first kappa shape index (κ1) is 63.6. The van der Waals surface area contributed by atoms with Crippen LogP contribution in [0.1, 0.15) is 284 Å². The summed E-state index contributed by atoms with van der Waals surface area (Å²) in [7, 11) is 0. The summed E-state index contributed by atoms with van der Waals surface area (Å²) in [5.74, 6) is -0.126. The molecule has 0 aromatic carbocycles. The highest BCUT2D eigenvalue weighted by Crippen LogP contribution is 2.16. The van der Waals surface area contributed by atoms with Gasteiger partial charge in [0, 0.05) is 12.8 Å². The molecule has 0 saturated heterocycles.